The maximum atomic E-state index is 5.74. The summed E-state index contributed by atoms with van der Waals surface area (Å²) >= 11 is 8.40. The van der Waals surface area contributed by atoms with Crippen molar-refractivity contribution < 1.29 is 4.52 Å². The molecule has 3 rings (SSSR count). The molecule has 4 nitrogen and oxygen atoms in total. The Bertz CT molecular complexity index is 719. The zero-order valence-corrected chi connectivity index (χ0v) is 13.4. The van der Waals surface area contributed by atoms with Crippen molar-refractivity contribution in [1.82, 2.24) is 10.1 Å². The van der Waals surface area contributed by atoms with Crippen LogP contribution in [0.25, 0.3) is 22.2 Å². The van der Waals surface area contributed by atoms with Crippen molar-refractivity contribution >= 4 is 48.9 Å². The summed E-state index contributed by atoms with van der Waals surface area (Å²) in [6.45, 7) is 0. The molecule has 0 radical (unpaired) electrons. The summed E-state index contributed by atoms with van der Waals surface area (Å²) in [6, 6.07) is 9.32. The van der Waals surface area contributed by atoms with Crippen LogP contribution in [0.3, 0.4) is 0 Å². The van der Waals surface area contributed by atoms with E-state index in [0.29, 0.717) is 17.4 Å². The average Bonchev–Trinajstić information content (AvgIpc) is 2.97. The predicted molar refractivity (Wildman–Crippen MR) is 82.9 cm³/mol. The molecule has 0 aliphatic rings. The first kappa shape index (κ1) is 12.8. The highest BCUT2D eigenvalue weighted by Crippen LogP contribution is 2.38. The highest BCUT2D eigenvalue weighted by atomic mass is 79.9. The monoisotopic (exact) mass is 399 g/mol. The summed E-state index contributed by atoms with van der Waals surface area (Å²) < 4.78 is 7.24. The number of nitrogens with two attached hydrogens (primary N) is 1. The number of aromatic nitrogens is 2. The second kappa shape index (κ2) is 5.07. The Morgan fingerprint density at radius 1 is 1.21 bits per heavy atom. The molecule has 0 aliphatic heterocycles. The first-order valence-electron chi connectivity index (χ1n) is 5.28. The van der Waals surface area contributed by atoms with E-state index in [9.17, 15) is 0 Å². The molecule has 19 heavy (non-hydrogen) atoms. The summed E-state index contributed by atoms with van der Waals surface area (Å²) in [4.78, 5) is 5.29. The molecular formula is C12H7Br2N3OS. The highest BCUT2D eigenvalue weighted by molar-refractivity contribution is 9.13. The van der Waals surface area contributed by atoms with Crippen LogP contribution < -0.4 is 5.73 Å². The summed E-state index contributed by atoms with van der Waals surface area (Å²) in [7, 11) is 0. The molecule has 3 aromatic rings. The fourth-order valence-corrected chi connectivity index (χ4v) is 3.53. The number of anilines is 1. The topological polar surface area (TPSA) is 64.9 Å². The molecule has 0 fully saturated rings. The van der Waals surface area contributed by atoms with Crippen molar-refractivity contribution in [3.8, 4) is 22.2 Å². The van der Waals surface area contributed by atoms with Gasteiger partial charge in [0.15, 0.2) is 0 Å². The minimum Gasteiger partial charge on any atom is -0.399 e. The number of rotatable bonds is 2. The third-order valence-electron chi connectivity index (χ3n) is 2.43. The quantitative estimate of drug-likeness (QED) is 0.639. The number of halogens is 2. The van der Waals surface area contributed by atoms with Gasteiger partial charge in [-0.1, -0.05) is 17.3 Å². The number of hydrogen-bond acceptors (Lipinski definition) is 5. The van der Waals surface area contributed by atoms with E-state index in [1.807, 2.05) is 30.3 Å². The third-order valence-corrected chi connectivity index (χ3v) is 5.67. The minimum atomic E-state index is 0.494. The van der Waals surface area contributed by atoms with Gasteiger partial charge in [-0.2, -0.15) is 4.98 Å². The van der Waals surface area contributed by atoms with Gasteiger partial charge < -0.3 is 10.3 Å². The van der Waals surface area contributed by atoms with Gasteiger partial charge in [0.05, 0.1) is 8.66 Å². The van der Waals surface area contributed by atoms with Crippen LogP contribution in [-0.2, 0) is 0 Å². The van der Waals surface area contributed by atoms with Gasteiger partial charge in [0.25, 0.3) is 5.89 Å². The van der Waals surface area contributed by atoms with E-state index < -0.39 is 0 Å². The van der Waals surface area contributed by atoms with Crippen molar-refractivity contribution in [2.75, 3.05) is 5.73 Å². The lowest BCUT2D eigenvalue weighted by atomic mass is 10.2. The second-order valence-electron chi connectivity index (χ2n) is 3.78. The van der Waals surface area contributed by atoms with Crippen LogP contribution in [-0.4, -0.2) is 10.1 Å². The van der Waals surface area contributed by atoms with Gasteiger partial charge in [0, 0.05) is 15.7 Å². The maximum absolute atomic E-state index is 5.74. The van der Waals surface area contributed by atoms with Gasteiger partial charge in [-0.05, 0) is 50.1 Å². The van der Waals surface area contributed by atoms with E-state index in [4.69, 9.17) is 10.3 Å². The van der Waals surface area contributed by atoms with Gasteiger partial charge in [0.1, 0.15) is 0 Å². The lowest BCUT2D eigenvalue weighted by Crippen LogP contribution is -1.86. The Hall–Kier alpha value is -1.18. The first-order valence-corrected chi connectivity index (χ1v) is 7.68. The van der Waals surface area contributed by atoms with E-state index in [-0.39, 0.29) is 0 Å². The molecule has 0 atom stereocenters. The van der Waals surface area contributed by atoms with Gasteiger partial charge in [0.2, 0.25) is 5.82 Å². The predicted octanol–water partition coefficient (Wildman–Crippen LogP) is 4.57. The summed E-state index contributed by atoms with van der Waals surface area (Å²) in [6.07, 6.45) is 0. The number of nitrogen functional groups attached to an aromatic ring is 1. The van der Waals surface area contributed by atoms with Crippen LogP contribution in [0.15, 0.2) is 43.1 Å². The molecule has 0 bridgehead atoms. The van der Waals surface area contributed by atoms with Gasteiger partial charge >= 0.3 is 0 Å². The number of benzene rings is 1. The Kier molecular flexibility index (Phi) is 3.42. The highest BCUT2D eigenvalue weighted by Gasteiger charge is 2.14. The molecule has 96 valence electrons. The number of nitrogens with zero attached hydrogens (tertiary/aromatic N) is 2. The zero-order chi connectivity index (χ0) is 13.4. The molecule has 2 aromatic heterocycles. The van der Waals surface area contributed by atoms with Crippen LogP contribution in [0, 0.1) is 0 Å². The molecule has 0 spiro atoms. The summed E-state index contributed by atoms with van der Waals surface area (Å²) in [5, 5.41) is 3.98. The van der Waals surface area contributed by atoms with E-state index in [1.54, 1.807) is 0 Å². The molecule has 0 amide bonds. The Labute approximate surface area is 129 Å². The van der Waals surface area contributed by atoms with Crippen molar-refractivity contribution in [2.45, 2.75) is 0 Å². The third kappa shape index (κ3) is 2.58. The smallest absolute Gasteiger partial charge is 0.268 e. The van der Waals surface area contributed by atoms with Gasteiger partial charge in [-0.25, -0.2) is 0 Å². The standard InChI is InChI=1S/C12H7Br2N3OS/c13-8-5-9(19-10(8)14)12-16-11(17-18-12)6-2-1-3-7(15)4-6/h1-5H,15H2. The fourth-order valence-electron chi connectivity index (χ4n) is 1.57. The van der Waals surface area contributed by atoms with Crippen LogP contribution in [0.2, 0.25) is 0 Å². The molecule has 0 saturated heterocycles. The maximum Gasteiger partial charge on any atom is 0.268 e. The molecule has 2 N–H and O–H groups in total. The van der Waals surface area contributed by atoms with Crippen LogP contribution >= 0.6 is 43.2 Å². The second-order valence-corrected chi connectivity index (χ2v) is 7.01. The molecular weight excluding hydrogens is 394 g/mol. The lowest BCUT2D eigenvalue weighted by Gasteiger charge is -1.95. The van der Waals surface area contributed by atoms with E-state index in [1.165, 1.54) is 11.3 Å². The first-order chi connectivity index (χ1) is 9.13. The minimum absolute atomic E-state index is 0.494. The Morgan fingerprint density at radius 2 is 2.05 bits per heavy atom. The largest absolute Gasteiger partial charge is 0.399 e. The van der Waals surface area contributed by atoms with Crippen molar-refractivity contribution in [3.05, 3.63) is 38.6 Å². The summed E-state index contributed by atoms with van der Waals surface area (Å²) in [5.41, 5.74) is 7.25. The fraction of sp³-hybridized carbons (Fsp3) is 0. The molecule has 0 saturated carbocycles. The van der Waals surface area contributed by atoms with Gasteiger partial charge in [-0.3, -0.25) is 0 Å². The Morgan fingerprint density at radius 3 is 2.74 bits per heavy atom. The zero-order valence-electron chi connectivity index (χ0n) is 9.43. The van der Waals surface area contributed by atoms with E-state index >= 15 is 0 Å². The molecule has 0 aliphatic carbocycles. The molecule has 2 heterocycles. The van der Waals surface area contributed by atoms with Crippen molar-refractivity contribution in [1.29, 1.82) is 0 Å². The summed E-state index contributed by atoms with van der Waals surface area (Å²) in [5.74, 6) is 1.02. The molecule has 1 aromatic carbocycles. The van der Waals surface area contributed by atoms with Crippen LogP contribution in [0.5, 0.6) is 0 Å². The normalized spacial score (nSPS) is 10.8. The van der Waals surface area contributed by atoms with E-state index in [2.05, 4.69) is 42.0 Å². The Balaban J connectivity index is 1.99. The molecule has 7 heteroatoms. The van der Waals surface area contributed by atoms with Gasteiger partial charge in [-0.15, -0.1) is 11.3 Å². The molecule has 0 unspecified atom stereocenters. The van der Waals surface area contributed by atoms with Crippen molar-refractivity contribution in [3.63, 3.8) is 0 Å². The lowest BCUT2D eigenvalue weighted by molar-refractivity contribution is 0.433. The SMILES string of the molecule is Nc1cccc(-c2noc(-c3cc(Br)c(Br)s3)n2)c1. The number of hydrogen-bond donors (Lipinski definition) is 1. The van der Waals surface area contributed by atoms with Crippen LogP contribution in [0.4, 0.5) is 5.69 Å². The van der Waals surface area contributed by atoms with Crippen LogP contribution in [0.1, 0.15) is 0 Å². The average molecular weight is 401 g/mol. The van der Waals surface area contributed by atoms with Crippen molar-refractivity contribution in [2.24, 2.45) is 0 Å². The number of thiophene rings is 1. The van der Waals surface area contributed by atoms with E-state index in [0.717, 1.165) is 18.7 Å².